The van der Waals surface area contributed by atoms with Crippen molar-refractivity contribution in [1.82, 2.24) is 0 Å². The van der Waals surface area contributed by atoms with E-state index in [0.29, 0.717) is 6.08 Å². The molecule has 0 saturated carbocycles. The topological polar surface area (TPSA) is 0 Å². The molecule has 0 aliphatic heterocycles. The number of allylic oxidation sites excluding steroid dienone is 2. The summed E-state index contributed by atoms with van der Waals surface area (Å²) in [6.07, 6.45) is -5.72. The van der Waals surface area contributed by atoms with Crippen molar-refractivity contribution in [2.45, 2.75) is 16.7 Å². The quantitative estimate of drug-likeness (QED) is 0.531. The van der Waals surface area contributed by atoms with E-state index in [2.05, 4.69) is 6.92 Å². The maximum absolute atomic E-state index is 12.8. The van der Waals surface area contributed by atoms with E-state index in [1.807, 2.05) is 0 Å². The van der Waals surface area contributed by atoms with Gasteiger partial charge in [0, 0.05) is 0 Å². The molecule has 1 radical (unpaired) electrons. The smallest absolute Gasteiger partial charge is 0.221 e. The van der Waals surface area contributed by atoms with Gasteiger partial charge in [-0.2, -0.15) is 22.0 Å². The minimum atomic E-state index is -5.70. The summed E-state index contributed by atoms with van der Waals surface area (Å²) in [5, 5.41) is 0. The minimum absolute atomic E-state index is 0.322. The molecule has 0 nitrogen and oxygen atoms in total. The van der Waals surface area contributed by atoms with E-state index in [4.69, 9.17) is 0 Å². The van der Waals surface area contributed by atoms with Gasteiger partial charge in [-0.15, -0.1) is 0 Å². The zero-order valence-corrected chi connectivity index (χ0v) is 7.59. The maximum atomic E-state index is 12.8. The Kier molecular flexibility index (Phi) is 3.46. The van der Waals surface area contributed by atoms with Gasteiger partial charge in [-0.25, -0.2) is 4.39 Å². The second-order valence-corrected chi connectivity index (χ2v) is 3.11. The SMILES string of the molecule is [CH2]C=CC(F)(C(F)(F)F)C(F)(F)Br. The molecular formula is C6H4BrF6. The van der Waals surface area contributed by atoms with Crippen molar-refractivity contribution in [2.24, 2.45) is 0 Å². The molecule has 13 heavy (non-hydrogen) atoms. The van der Waals surface area contributed by atoms with Crippen LogP contribution in [0.2, 0.25) is 0 Å². The molecule has 0 aromatic carbocycles. The zero-order valence-electron chi connectivity index (χ0n) is 6.01. The highest BCUT2D eigenvalue weighted by atomic mass is 79.9. The van der Waals surface area contributed by atoms with Gasteiger partial charge in [0.15, 0.2) is 0 Å². The Morgan fingerprint density at radius 1 is 1.00 bits per heavy atom. The Morgan fingerprint density at radius 2 is 1.38 bits per heavy atom. The average Bonchev–Trinajstić information content (AvgIpc) is 1.82. The van der Waals surface area contributed by atoms with Gasteiger partial charge < -0.3 is 0 Å². The van der Waals surface area contributed by atoms with Crippen molar-refractivity contribution < 1.29 is 26.3 Å². The first-order valence-corrected chi connectivity index (χ1v) is 3.65. The van der Waals surface area contributed by atoms with E-state index >= 15 is 0 Å². The second-order valence-electron chi connectivity index (χ2n) is 2.11. The lowest BCUT2D eigenvalue weighted by molar-refractivity contribution is -0.254. The van der Waals surface area contributed by atoms with Gasteiger partial charge in [0.05, 0.1) is 0 Å². The lowest BCUT2D eigenvalue weighted by atomic mass is 10.1. The molecule has 0 spiro atoms. The molecule has 1 atom stereocenters. The molecule has 0 aliphatic rings. The number of alkyl halides is 7. The summed E-state index contributed by atoms with van der Waals surface area (Å²) in [6, 6.07) is 0. The van der Waals surface area contributed by atoms with Crippen molar-refractivity contribution in [1.29, 1.82) is 0 Å². The van der Waals surface area contributed by atoms with E-state index in [0.717, 1.165) is 0 Å². The van der Waals surface area contributed by atoms with Crippen LogP contribution in [0.15, 0.2) is 12.2 Å². The first kappa shape index (κ1) is 12.8. The van der Waals surface area contributed by atoms with Crippen LogP contribution in [0.1, 0.15) is 0 Å². The number of hydrogen-bond donors (Lipinski definition) is 0. The molecule has 0 aromatic heterocycles. The molecule has 1 unspecified atom stereocenters. The fourth-order valence-electron chi connectivity index (χ4n) is 0.512. The summed E-state index contributed by atoms with van der Waals surface area (Å²) in [5.74, 6) is 0. The van der Waals surface area contributed by atoms with Gasteiger partial charge in [-0.05, 0) is 28.9 Å². The Hall–Kier alpha value is -0.200. The minimum Gasteiger partial charge on any atom is -0.221 e. The van der Waals surface area contributed by atoms with Crippen LogP contribution < -0.4 is 0 Å². The van der Waals surface area contributed by atoms with Crippen LogP contribution in [0.5, 0.6) is 0 Å². The molecule has 0 aliphatic carbocycles. The predicted octanol–water partition coefficient (Wildman–Crippen LogP) is 3.63. The van der Waals surface area contributed by atoms with Crippen LogP contribution >= 0.6 is 15.9 Å². The van der Waals surface area contributed by atoms with E-state index in [-0.39, 0.29) is 6.08 Å². The normalized spacial score (nSPS) is 19.1. The van der Waals surface area contributed by atoms with Crippen molar-refractivity contribution >= 4 is 15.9 Å². The highest BCUT2D eigenvalue weighted by molar-refractivity contribution is 9.10. The van der Waals surface area contributed by atoms with E-state index in [1.54, 1.807) is 0 Å². The summed E-state index contributed by atoms with van der Waals surface area (Å²) in [6.45, 7) is 2.72. The van der Waals surface area contributed by atoms with Crippen LogP contribution in [0, 0.1) is 6.92 Å². The molecule has 0 aromatic rings. The first-order valence-electron chi connectivity index (χ1n) is 2.85. The molecule has 0 N–H and O–H groups in total. The standard InChI is InChI=1S/C6H4BrF6/c1-2-3-4(8,5(7,9)10)6(11,12)13/h2-3H,1H2. The molecule has 0 saturated heterocycles. The summed E-state index contributed by atoms with van der Waals surface area (Å²) >= 11 is 1.33. The maximum Gasteiger partial charge on any atom is 0.433 e. The number of hydrogen-bond acceptors (Lipinski definition) is 0. The summed E-state index contributed by atoms with van der Waals surface area (Å²) in [5.41, 5.74) is -4.73. The van der Waals surface area contributed by atoms with Crippen LogP contribution in [-0.4, -0.2) is 16.7 Å². The third-order valence-electron chi connectivity index (χ3n) is 1.17. The summed E-state index contributed by atoms with van der Waals surface area (Å²) < 4.78 is 72.6. The van der Waals surface area contributed by atoms with Crippen molar-refractivity contribution in [3.05, 3.63) is 19.1 Å². The Morgan fingerprint density at radius 3 is 1.46 bits per heavy atom. The van der Waals surface area contributed by atoms with Gasteiger partial charge in [0.25, 0.3) is 5.67 Å². The molecule has 0 bridgehead atoms. The molecule has 0 fully saturated rings. The van der Waals surface area contributed by atoms with Crippen LogP contribution in [0.25, 0.3) is 0 Å². The lowest BCUT2D eigenvalue weighted by Gasteiger charge is -2.28. The molecule has 7 heteroatoms. The fourth-order valence-corrected chi connectivity index (χ4v) is 0.869. The van der Waals surface area contributed by atoms with Gasteiger partial charge in [0.1, 0.15) is 0 Å². The van der Waals surface area contributed by atoms with Crippen molar-refractivity contribution in [3.63, 3.8) is 0 Å². The van der Waals surface area contributed by atoms with Crippen molar-refractivity contribution in [3.8, 4) is 0 Å². The summed E-state index contributed by atoms with van der Waals surface area (Å²) in [7, 11) is 0. The van der Waals surface area contributed by atoms with Crippen LogP contribution in [0.4, 0.5) is 26.3 Å². The lowest BCUT2D eigenvalue weighted by Crippen LogP contribution is -2.50. The third kappa shape index (κ3) is 2.38. The van der Waals surface area contributed by atoms with Gasteiger partial charge >= 0.3 is 11.0 Å². The highest BCUT2D eigenvalue weighted by Gasteiger charge is 2.68. The van der Waals surface area contributed by atoms with Gasteiger partial charge in [-0.3, -0.25) is 0 Å². The van der Waals surface area contributed by atoms with E-state index in [9.17, 15) is 26.3 Å². The molecular weight excluding hydrogens is 266 g/mol. The third-order valence-corrected chi connectivity index (χ3v) is 1.75. The molecule has 0 rings (SSSR count). The molecule has 0 heterocycles. The Balaban J connectivity index is 5.21. The van der Waals surface area contributed by atoms with Gasteiger partial charge in [0.2, 0.25) is 0 Å². The first-order chi connectivity index (χ1) is 5.56. The zero-order chi connectivity index (χ0) is 10.9. The van der Waals surface area contributed by atoms with Crippen LogP contribution in [0.3, 0.4) is 0 Å². The van der Waals surface area contributed by atoms with Crippen LogP contribution in [-0.2, 0) is 0 Å². The van der Waals surface area contributed by atoms with Gasteiger partial charge in [-0.1, -0.05) is 6.08 Å². The molecule has 0 amide bonds. The second kappa shape index (κ2) is 3.51. The monoisotopic (exact) mass is 269 g/mol. The summed E-state index contributed by atoms with van der Waals surface area (Å²) in [4.78, 5) is -4.72. The highest BCUT2D eigenvalue weighted by Crippen LogP contribution is 2.49. The number of halogens is 7. The average molecular weight is 270 g/mol. The Bertz CT molecular complexity index is 186. The predicted molar refractivity (Wildman–Crippen MR) is 38.3 cm³/mol. The largest absolute Gasteiger partial charge is 0.433 e. The van der Waals surface area contributed by atoms with E-state index in [1.165, 1.54) is 15.9 Å². The molecule has 77 valence electrons. The Labute approximate surface area is 78.7 Å². The van der Waals surface area contributed by atoms with E-state index < -0.39 is 16.7 Å². The van der Waals surface area contributed by atoms with Crippen molar-refractivity contribution in [2.75, 3.05) is 0 Å². The fraction of sp³-hybridized carbons (Fsp3) is 0.500. The number of rotatable bonds is 2.